The molecule has 0 saturated heterocycles. The fraction of sp³-hybridized carbons (Fsp3) is 0.438. The fourth-order valence-corrected chi connectivity index (χ4v) is 5.26. The molecule has 5 rings (SSSR count). The average Bonchev–Trinajstić information content (AvgIpc) is 3.68. The maximum absolute atomic E-state index is 13.0. The topological polar surface area (TPSA) is 110 Å². The smallest absolute Gasteiger partial charge is 0.225 e. The third-order valence-electron chi connectivity index (χ3n) is 8.01. The maximum Gasteiger partial charge on any atom is 0.225 e. The van der Waals surface area contributed by atoms with E-state index in [2.05, 4.69) is 45.1 Å². The van der Waals surface area contributed by atoms with Gasteiger partial charge in [0.2, 0.25) is 11.8 Å². The number of nitrogens with one attached hydrogen (secondary N) is 2. The molecule has 3 aromatic rings. The standard InChI is InChI=1S/C32H39N5O2/c1-31(2,3)30(39)34-25-15-9-21(10-16-25)19-28(38)35-27-20-26(22-7-5-4-6-8-22)29(37-36-27)23-11-13-24(14-12-23)32(33)17-18-32/h4-8,11-14,20-21,25H,9-10,15-19,33H2,1-3H3,(H,34,39)(H,35,36,38). The number of hydrogen-bond acceptors (Lipinski definition) is 5. The van der Waals surface area contributed by atoms with E-state index in [1.807, 2.05) is 57.2 Å². The molecule has 0 aliphatic heterocycles. The zero-order chi connectivity index (χ0) is 27.6. The van der Waals surface area contributed by atoms with Gasteiger partial charge in [-0.15, -0.1) is 10.2 Å². The highest BCUT2D eigenvalue weighted by molar-refractivity contribution is 5.91. The van der Waals surface area contributed by atoms with E-state index in [4.69, 9.17) is 5.73 Å². The third kappa shape index (κ3) is 6.53. The monoisotopic (exact) mass is 525 g/mol. The SMILES string of the molecule is CC(C)(C)C(=O)NC1CCC(CC(=O)Nc2cc(-c3ccccc3)c(-c3ccc(C4(N)CC4)cc3)nn2)CC1. The predicted octanol–water partition coefficient (Wildman–Crippen LogP) is 5.81. The molecule has 2 aromatic carbocycles. The molecule has 7 heteroatoms. The van der Waals surface area contributed by atoms with Gasteiger partial charge in [-0.25, -0.2) is 0 Å². The second-order valence-electron chi connectivity index (χ2n) is 12.3. The van der Waals surface area contributed by atoms with Crippen molar-refractivity contribution in [2.45, 2.75) is 77.3 Å². The Morgan fingerprint density at radius 1 is 0.923 bits per heavy atom. The Balaban J connectivity index is 1.25. The van der Waals surface area contributed by atoms with Crippen LogP contribution >= 0.6 is 0 Å². The summed E-state index contributed by atoms with van der Waals surface area (Å²) in [6.07, 6.45) is 6.11. The Morgan fingerprint density at radius 2 is 1.59 bits per heavy atom. The predicted molar refractivity (Wildman–Crippen MR) is 155 cm³/mol. The molecule has 2 amide bonds. The molecular formula is C32H39N5O2. The van der Waals surface area contributed by atoms with Gasteiger partial charge >= 0.3 is 0 Å². The van der Waals surface area contributed by atoms with Gasteiger partial charge in [-0.1, -0.05) is 75.4 Å². The summed E-state index contributed by atoms with van der Waals surface area (Å²) in [6, 6.07) is 20.4. The number of carbonyl (C=O) groups excluding carboxylic acids is 2. The highest BCUT2D eigenvalue weighted by Gasteiger charge is 2.39. The van der Waals surface area contributed by atoms with Crippen LogP contribution in [0.5, 0.6) is 0 Å². The van der Waals surface area contributed by atoms with Gasteiger partial charge in [0.1, 0.15) is 5.69 Å². The molecule has 4 N–H and O–H groups in total. The minimum atomic E-state index is -0.390. The summed E-state index contributed by atoms with van der Waals surface area (Å²) in [6.45, 7) is 5.78. The van der Waals surface area contributed by atoms with E-state index in [0.717, 1.165) is 66.5 Å². The van der Waals surface area contributed by atoms with E-state index in [9.17, 15) is 9.59 Å². The van der Waals surface area contributed by atoms with Crippen LogP contribution in [0.15, 0.2) is 60.7 Å². The molecule has 0 spiro atoms. The van der Waals surface area contributed by atoms with Crippen LogP contribution in [0.25, 0.3) is 22.4 Å². The largest absolute Gasteiger partial charge is 0.353 e. The summed E-state index contributed by atoms with van der Waals surface area (Å²) in [4.78, 5) is 25.3. The highest BCUT2D eigenvalue weighted by Crippen LogP contribution is 2.43. The quantitative estimate of drug-likeness (QED) is 0.361. The Bertz CT molecular complexity index is 1320. The van der Waals surface area contributed by atoms with E-state index >= 15 is 0 Å². The van der Waals surface area contributed by atoms with Crippen LogP contribution < -0.4 is 16.4 Å². The van der Waals surface area contributed by atoms with Crippen LogP contribution in [0.2, 0.25) is 0 Å². The van der Waals surface area contributed by atoms with E-state index in [-0.39, 0.29) is 28.8 Å². The third-order valence-corrected chi connectivity index (χ3v) is 8.01. The molecular weight excluding hydrogens is 486 g/mol. The number of aromatic nitrogens is 2. The number of nitrogens with two attached hydrogens (primary N) is 1. The van der Waals surface area contributed by atoms with Crippen molar-refractivity contribution < 1.29 is 9.59 Å². The molecule has 2 saturated carbocycles. The minimum absolute atomic E-state index is 0.0553. The first-order valence-corrected chi connectivity index (χ1v) is 14.0. The van der Waals surface area contributed by atoms with Crippen LogP contribution in [0, 0.1) is 11.3 Å². The molecule has 39 heavy (non-hydrogen) atoms. The minimum Gasteiger partial charge on any atom is -0.353 e. The maximum atomic E-state index is 13.0. The Kier molecular flexibility index (Phi) is 7.54. The Labute approximate surface area is 231 Å². The first-order valence-electron chi connectivity index (χ1n) is 14.0. The molecule has 2 aliphatic carbocycles. The Hall–Kier alpha value is -3.58. The first kappa shape index (κ1) is 27.0. The van der Waals surface area contributed by atoms with Crippen LogP contribution in [0.3, 0.4) is 0 Å². The summed E-state index contributed by atoms with van der Waals surface area (Å²) < 4.78 is 0. The highest BCUT2D eigenvalue weighted by atomic mass is 16.2. The number of carbonyl (C=O) groups is 2. The first-order chi connectivity index (χ1) is 18.6. The summed E-state index contributed by atoms with van der Waals surface area (Å²) in [5, 5.41) is 15.1. The zero-order valence-electron chi connectivity index (χ0n) is 23.2. The van der Waals surface area contributed by atoms with E-state index in [1.165, 1.54) is 0 Å². The lowest BCUT2D eigenvalue weighted by Gasteiger charge is -2.31. The number of amides is 2. The number of rotatable bonds is 7. The van der Waals surface area contributed by atoms with Gasteiger partial charge in [0.25, 0.3) is 0 Å². The van der Waals surface area contributed by atoms with Crippen molar-refractivity contribution in [2.24, 2.45) is 17.1 Å². The van der Waals surface area contributed by atoms with Crippen LogP contribution in [0.4, 0.5) is 5.82 Å². The van der Waals surface area contributed by atoms with Crippen molar-refractivity contribution in [1.82, 2.24) is 15.5 Å². The van der Waals surface area contributed by atoms with Gasteiger partial charge in [-0.05, 0) is 61.6 Å². The summed E-state index contributed by atoms with van der Waals surface area (Å²) in [5.41, 5.74) is 10.6. The zero-order valence-corrected chi connectivity index (χ0v) is 23.2. The second kappa shape index (κ2) is 10.9. The molecule has 0 unspecified atom stereocenters. The number of nitrogens with zero attached hydrogens (tertiary/aromatic N) is 2. The molecule has 1 aromatic heterocycles. The van der Waals surface area contributed by atoms with Crippen molar-refractivity contribution in [1.29, 1.82) is 0 Å². The van der Waals surface area contributed by atoms with Gasteiger partial charge in [0.05, 0.1) is 0 Å². The van der Waals surface area contributed by atoms with Gasteiger partial charge in [-0.2, -0.15) is 0 Å². The summed E-state index contributed by atoms with van der Waals surface area (Å²) in [7, 11) is 0. The summed E-state index contributed by atoms with van der Waals surface area (Å²) >= 11 is 0. The molecule has 2 aliphatic rings. The number of benzene rings is 2. The molecule has 2 fully saturated rings. The van der Waals surface area contributed by atoms with Crippen molar-refractivity contribution in [2.75, 3.05) is 5.32 Å². The van der Waals surface area contributed by atoms with E-state index < -0.39 is 0 Å². The lowest BCUT2D eigenvalue weighted by Crippen LogP contribution is -2.43. The van der Waals surface area contributed by atoms with Gasteiger partial charge in [0.15, 0.2) is 5.82 Å². The second-order valence-corrected chi connectivity index (χ2v) is 12.3. The number of hydrogen-bond donors (Lipinski definition) is 3. The van der Waals surface area contributed by atoms with Crippen LogP contribution in [0.1, 0.15) is 71.3 Å². The molecule has 204 valence electrons. The van der Waals surface area contributed by atoms with Gasteiger partial charge in [0, 0.05) is 34.5 Å². The average molecular weight is 526 g/mol. The molecule has 0 bridgehead atoms. The lowest BCUT2D eigenvalue weighted by molar-refractivity contribution is -0.129. The van der Waals surface area contributed by atoms with Crippen LogP contribution in [-0.2, 0) is 15.1 Å². The number of anilines is 1. The molecule has 7 nitrogen and oxygen atoms in total. The molecule has 1 heterocycles. The van der Waals surface area contributed by atoms with E-state index in [1.54, 1.807) is 0 Å². The lowest BCUT2D eigenvalue weighted by atomic mass is 9.83. The van der Waals surface area contributed by atoms with Crippen molar-refractivity contribution >= 4 is 17.6 Å². The normalized spacial score (nSPS) is 20.2. The van der Waals surface area contributed by atoms with Crippen LogP contribution in [-0.4, -0.2) is 28.1 Å². The Morgan fingerprint density at radius 3 is 2.21 bits per heavy atom. The van der Waals surface area contributed by atoms with Crippen molar-refractivity contribution in [3.8, 4) is 22.4 Å². The van der Waals surface area contributed by atoms with E-state index in [0.29, 0.717) is 18.2 Å². The molecule has 0 radical (unpaired) electrons. The summed E-state index contributed by atoms with van der Waals surface area (Å²) in [5.74, 6) is 0.774. The van der Waals surface area contributed by atoms with Crippen molar-refractivity contribution in [3.63, 3.8) is 0 Å². The van der Waals surface area contributed by atoms with Crippen molar-refractivity contribution in [3.05, 3.63) is 66.2 Å². The fourth-order valence-electron chi connectivity index (χ4n) is 5.26. The molecule has 0 atom stereocenters. The van der Waals surface area contributed by atoms with Gasteiger partial charge < -0.3 is 16.4 Å². The van der Waals surface area contributed by atoms with Gasteiger partial charge in [-0.3, -0.25) is 9.59 Å².